The van der Waals surface area contributed by atoms with Gasteiger partial charge in [0.1, 0.15) is 12.4 Å². The molecule has 0 spiro atoms. The van der Waals surface area contributed by atoms with Gasteiger partial charge in [-0.15, -0.1) is 0 Å². The van der Waals surface area contributed by atoms with Crippen LogP contribution in [0.3, 0.4) is 0 Å². The van der Waals surface area contributed by atoms with Crippen molar-refractivity contribution in [3.8, 4) is 16.9 Å². The van der Waals surface area contributed by atoms with Gasteiger partial charge in [-0.05, 0) is 23.3 Å². The van der Waals surface area contributed by atoms with E-state index in [2.05, 4.69) is 0 Å². The molecule has 0 saturated carbocycles. The second kappa shape index (κ2) is 7.67. The first kappa shape index (κ1) is 16.8. The summed E-state index contributed by atoms with van der Waals surface area (Å²) in [7, 11) is 3.52. The first-order valence-electron chi connectivity index (χ1n) is 8.23. The van der Waals surface area contributed by atoms with Gasteiger partial charge < -0.3 is 9.64 Å². The number of para-hydroxylation sites is 1. The van der Waals surface area contributed by atoms with E-state index >= 15 is 0 Å². The highest BCUT2D eigenvalue weighted by molar-refractivity contribution is 6.01. The topological polar surface area (TPSA) is 29.5 Å². The number of carbonyl (C=O) groups excluding carboxylic acids is 1. The van der Waals surface area contributed by atoms with E-state index in [1.165, 1.54) is 0 Å². The van der Waals surface area contributed by atoms with E-state index in [-0.39, 0.29) is 5.91 Å². The number of carbonyl (C=O) groups is 1. The van der Waals surface area contributed by atoms with E-state index < -0.39 is 0 Å². The third kappa shape index (κ3) is 3.89. The van der Waals surface area contributed by atoms with Crippen molar-refractivity contribution in [3.63, 3.8) is 0 Å². The van der Waals surface area contributed by atoms with Gasteiger partial charge in [-0.3, -0.25) is 4.79 Å². The third-order valence-corrected chi connectivity index (χ3v) is 3.98. The minimum Gasteiger partial charge on any atom is -0.488 e. The Labute approximate surface area is 148 Å². The summed E-state index contributed by atoms with van der Waals surface area (Å²) in [6.45, 7) is 0.488. The minimum absolute atomic E-state index is 0.0199. The average Bonchev–Trinajstić information content (AvgIpc) is 2.67. The van der Waals surface area contributed by atoms with Gasteiger partial charge in [0.2, 0.25) is 0 Å². The van der Waals surface area contributed by atoms with Crippen LogP contribution in [0.1, 0.15) is 15.9 Å². The molecule has 3 heteroatoms. The summed E-state index contributed by atoms with van der Waals surface area (Å²) in [5.74, 6) is 0.749. The van der Waals surface area contributed by atoms with E-state index in [1.54, 1.807) is 19.0 Å². The Bertz CT molecular complexity index is 857. The van der Waals surface area contributed by atoms with Gasteiger partial charge in [0.25, 0.3) is 5.91 Å². The quantitative estimate of drug-likeness (QED) is 0.682. The van der Waals surface area contributed by atoms with Crippen molar-refractivity contribution in [1.82, 2.24) is 4.90 Å². The summed E-state index contributed by atoms with van der Waals surface area (Å²) >= 11 is 0. The minimum atomic E-state index is -0.0199. The van der Waals surface area contributed by atoms with Gasteiger partial charge in [0, 0.05) is 25.2 Å². The summed E-state index contributed by atoms with van der Waals surface area (Å²) in [6, 6.07) is 25.5. The number of ether oxygens (including phenoxy) is 1. The predicted molar refractivity (Wildman–Crippen MR) is 101 cm³/mol. The summed E-state index contributed by atoms with van der Waals surface area (Å²) in [4.78, 5) is 14.1. The van der Waals surface area contributed by atoms with Crippen LogP contribution in [0, 0.1) is 0 Å². The van der Waals surface area contributed by atoms with Gasteiger partial charge in [0.05, 0.1) is 0 Å². The Morgan fingerprint density at radius 2 is 1.40 bits per heavy atom. The van der Waals surface area contributed by atoms with Crippen LogP contribution in [0.25, 0.3) is 11.1 Å². The van der Waals surface area contributed by atoms with Gasteiger partial charge in [0.15, 0.2) is 0 Å². The second-order valence-electron chi connectivity index (χ2n) is 6.02. The third-order valence-electron chi connectivity index (χ3n) is 3.98. The normalized spacial score (nSPS) is 10.3. The number of hydrogen-bond acceptors (Lipinski definition) is 2. The molecule has 0 aromatic heterocycles. The zero-order chi connectivity index (χ0) is 17.6. The van der Waals surface area contributed by atoms with E-state index in [9.17, 15) is 4.79 Å². The van der Waals surface area contributed by atoms with Gasteiger partial charge in [-0.2, -0.15) is 0 Å². The molecule has 3 aromatic carbocycles. The summed E-state index contributed by atoms with van der Waals surface area (Å²) < 4.78 is 6.05. The molecule has 0 fully saturated rings. The first-order chi connectivity index (χ1) is 12.2. The van der Waals surface area contributed by atoms with E-state index in [1.807, 2.05) is 78.9 Å². The van der Waals surface area contributed by atoms with E-state index in [0.717, 1.165) is 22.4 Å². The lowest BCUT2D eigenvalue weighted by Gasteiger charge is -2.17. The summed E-state index contributed by atoms with van der Waals surface area (Å²) in [5.41, 5.74) is 3.58. The van der Waals surface area contributed by atoms with E-state index in [0.29, 0.717) is 12.2 Å². The SMILES string of the molecule is CN(C)C(=O)c1ccccc1-c1ccccc1OCc1ccccc1. The molecule has 126 valence electrons. The molecular weight excluding hydrogens is 310 g/mol. The smallest absolute Gasteiger partial charge is 0.253 e. The van der Waals surface area contributed by atoms with Crippen molar-refractivity contribution in [3.05, 3.63) is 90.0 Å². The number of nitrogens with zero attached hydrogens (tertiary/aromatic N) is 1. The van der Waals surface area contributed by atoms with Crippen molar-refractivity contribution in [1.29, 1.82) is 0 Å². The van der Waals surface area contributed by atoms with Crippen molar-refractivity contribution >= 4 is 5.91 Å². The molecule has 25 heavy (non-hydrogen) atoms. The number of benzene rings is 3. The molecule has 0 unspecified atom stereocenters. The fraction of sp³-hybridized carbons (Fsp3) is 0.136. The number of hydrogen-bond donors (Lipinski definition) is 0. The molecule has 0 bridgehead atoms. The molecule has 3 rings (SSSR count). The van der Waals surface area contributed by atoms with Crippen LogP contribution in [0.5, 0.6) is 5.75 Å². The Balaban J connectivity index is 1.95. The Hall–Kier alpha value is -3.07. The Morgan fingerprint density at radius 3 is 2.12 bits per heavy atom. The molecule has 3 nitrogen and oxygen atoms in total. The highest BCUT2D eigenvalue weighted by Gasteiger charge is 2.16. The lowest BCUT2D eigenvalue weighted by molar-refractivity contribution is 0.0828. The molecule has 0 aliphatic rings. The van der Waals surface area contributed by atoms with Crippen LogP contribution >= 0.6 is 0 Å². The maximum atomic E-state index is 12.5. The molecule has 0 radical (unpaired) electrons. The molecule has 3 aromatic rings. The number of amides is 1. The van der Waals surface area contributed by atoms with Crippen LogP contribution in [0.15, 0.2) is 78.9 Å². The molecule has 0 aliphatic carbocycles. The highest BCUT2D eigenvalue weighted by Crippen LogP contribution is 2.33. The maximum Gasteiger partial charge on any atom is 0.253 e. The van der Waals surface area contributed by atoms with Crippen LogP contribution in [0.2, 0.25) is 0 Å². The maximum absolute atomic E-state index is 12.5. The molecule has 1 amide bonds. The van der Waals surface area contributed by atoms with E-state index in [4.69, 9.17) is 4.74 Å². The highest BCUT2D eigenvalue weighted by atomic mass is 16.5. The fourth-order valence-electron chi connectivity index (χ4n) is 2.70. The molecule has 0 heterocycles. The van der Waals surface area contributed by atoms with Crippen molar-refractivity contribution in [2.75, 3.05) is 14.1 Å². The second-order valence-corrected chi connectivity index (χ2v) is 6.02. The zero-order valence-electron chi connectivity index (χ0n) is 14.5. The zero-order valence-corrected chi connectivity index (χ0v) is 14.5. The van der Waals surface area contributed by atoms with Crippen LogP contribution in [-0.2, 0) is 6.61 Å². The van der Waals surface area contributed by atoms with Crippen molar-refractivity contribution in [2.24, 2.45) is 0 Å². The van der Waals surface area contributed by atoms with Crippen LogP contribution in [-0.4, -0.2) is 24.9 Å². The first-order valence-corrected chi connectivity index (χ1v) is 8.23. The molecule has 0 saturated heterocycles. The van der Waals surface area contributed by atoms with Gasteiger partial charge in [-0.25, -0.2) is 0 Å². The van der Waals surface area contributed by atoms with Gasteiger partial charge >= 0.3 is 0 Å². The Morgan fingerprint density at radius 1 is 0.800 bits per heavy atom. The largest absolute Gasteiger partial charge is 0.488 e. The van der Waals surface area contributed by atoms with Crippen LogP contribution in [0.4, 0.5) is 0 Å². The molecular formula is C22H21NO2. The standard InChI is InChI=1S/C22H21NO2/c1-23(2)22(24)20-14-7-6-12-18(20)19-13-8-9-15-21(19)25-16-17-10-4-3-5-11-17/h3-15H,16H2,1-2H3. The molecule has 0 aliphatic heterocycles. The average molecular weight is 331 g/mol. The predicted octanol–water partition coefficient (Wildman–Crippen LogP) is 4.63. The van der Waals surface area contributed by atoms with Gasteiger partial charge in [-0.1, -0.05) is 66.7 Å². The molecule has 0 atom stereocenters. The van der Waals surface area contributed by atoms with Crippen molar-refractivity contribution < 1.29 is 9.53 Å². The summed E-state index contributed by atoms with van der Waals surface area (Å²) in [6.07, 6.45) is 0. The number of rotatable bonds is 5. The Kier molecular flexibility index (Phi) is 5.14. The lowest BCUT2D eigenvalue weighted by atomic mass is 9.98. The monoisotopic (exact) mass is 331 g/mol. The summed E-state index contributed by atoms with van der Waals surface area (Å²) in [5, 5.41) is 0. The van der Waals surface area contributed by atoms with Crippen LogP contribution < -0.4 is 4.74 Å². The lowest BCUT2D eigenvalue weighted by Crippen LogP contribution is -2.22. The van der Waals surface area contributed by atoms with Crippen molar-refractivity contribution in [2.45, 2.75) is 6.61 Å². The fourth-order valence-corrected chi connectivity index (χ4v) is 2.70. The molecule has 0 N–H and O–H groups in total.